The lowest BCUT2D eigenvalue weighted by Gasteiger charge is -2.39. The summed E-state index contributed by atoms with van der Waals surface area (Å²) in [7, 11) is -3.74. The van der Waals surface area contributed by atoms with Crippen molar-refractivity contribution in [1.29, 1.82) is 0 Å². The number of sulfonamides is 1. The van der Waals surface area contributed by atoms with Gasteiger partial charge >= 0.3 is 0 Å². The summed E-state index contributed by atoms with van der Waals surface area (Å²) in [6.45, 7) is 0. The van der Waals surface area contributed by atoms with E-state index in [-0.39, 0.29) is 5.78 Å². The summed E-state index contributed by atoms with van der Waals surface area (Å²) in [5.41, 5.74) is 3.21. The number of anilines is 1. The number of nitrogens with zero attached hydrogens (tertiary/aromatic N) is 1. The van der Waals surface area contributed by atoms with Crippen molar-refractivity contribution < 1.29 is 13.2 Å². The second-order valence-electron chi connectivity index (χ2n) is 7.68. The number of ketones is 1. The van der Waals surface area contributed by atoms with Crippen molar-refractivity contribution in [3.05, 3.63) is 118 Å². The molecule has 1 spiro atoms. The summed E-state index contributed by atoms with van der Waals surface area (Å²) in [6.07, 6.45) is 6.41. The van der Waals surface area contributed by atoms with Gasteiger partial charge in [0.1, 0.15) is 0 Å². The van der Waals surface area contributed by atoms with Crippen LogP contribution in [0.2, 0.25) is 5.02 Å². The summed E-state index contributed by atoms with van der Waals surface area (Å²) in [6, 6.07) is 21.9. The van der Waals surface area contributed by atoms with E-state index >= 15 is 0 Å². The Hall–Kier alpha value is -3.15. The summed E-state index contributed by atoms with van der Waals surface area (Å²) in [5, 5.41) is 0.436. The highest BCUT2D eigenvalue weighted by Gasteiger charge is 2.49. The smallest absolute Gasteiger partial charge is 0.236 e. The average molecular weight is 448 g/mol. The van der Waals surface area contributed by atoms with E-state index in [9.17, 15) is 13.2 Å². The first-order valence-corrected chi connectivity index (χ1v) is 12.0. The van der Waals surface area contributed by atoms with E-state index in [0.29, 0.717) is 22.0 Å². The van der Waals surface area contributed by atoms with Crippen molar-refractivity contribution in [2.24, 2.45) is 0 Å². The van der Waals surface area contributed by atoms with Crippen LogP contribution in [0.4, 0.5) is 5.69 Å². The van der Waals surface area contributed by atoms with Crippen molar-refractivity contribution in [1.82, 2.24) is 0 Å². The van der Waals surface area contributed by atoms with Gasteiger partial charge in [0.25, 0.3) is 0 Å². The second kappa shape index (κ2) is 6.94. The number of carbonyl (C=O) groups excluding carboxylic acids is 1. The number of allylic oxidation sites excluding steroid dienone is 2. The standard InChI is InChI=1S/C25H18ClNO3S/c1-31(29,30)27(19-9-6-8-18(26)16-19)24-15-17-7-2-4-11-21(17)25(24)14-13-23(28)20-10-3-5-12-22(20)25/h2-16H,1H3/t25-/m0/s1. The molecule has 0 saturated heterocycles. The van der Waals surface area contributed by atoms with Crippen LogP contribution < -0.4 is 4.31 Å². The van der Waals surface area contributed by atoms with Gasteiger partial charge in [-0.15, -0.1) is 0 Å². The van der Waals surface area contributed by atoms with E-state index in [1.54, 1.807) is 30.3 Å². The summed E-state index contributed by atoms with van der Waals surface area (Å²) >= 11 is 6.21. The summed E-state index contributed by atoms with van der Waals surface area (Å²) < 4.78 is 27.6. The van der Waals surface area contributed by atoms with E-state index in [1.807, 2.05) is 54.6 Å². The minimum Gasteiger partial charge on any atom is -0.289 e. The van der Waals surface area contributed by atoms with Crippen molar-refractivity contribution in [2.45, 2.75) is 5.41 Å². The van der Waals surface area contributed by atoms with Gasteiger partial charge in [0.2, 0.25) is 10.0 Å². The average Bonchev–Trinajstić information content (AvgIpc) is 3.05. The third-order valence-electron chi connectivity index (χ3n) is 5.78. The monoisotopic (exact) mass is 447 g/mol. The molecule has 4 nitrogen and oxygen atoms in total. The van der Waals surface area contributed by atoms with Crippen LogP contribution in [0.15, 0.2) is 90.6 Å². The summed E-state index contributed by atoms with van der Waals surface area (Å²) in [5.74, 6) is -0.0985. The van der Waals surface area contributed by atoms with Gasteiger partial charge in [-0.1, -0.05) is 72.3 Å². The van der Waals surface area contributed by atoms with Gasteiger partial charge in [-0.2, -0.15) is 0 Å². The normalized spacial score (nSPS) is 19.2. The lowest BCUT2D eigenvalue weighted by molar-refractivity contribution is 0.104. The highest BCUT2D eigenvalue weighted by molar-refractivity contribution is 7.92. The zero-order valence-corrected chi connectivity index (χ0v) is 18.2. The molecule has 0 unspecified atom stereocenters. The molecule has 0 amide bonds. The minimum absolute atomic E-state index is 0.0985. The number of hydrogen-bond donors (Lipinski definition) is 0. The van der Waals surface area contributed by atoms with Gasteiger partial charge in [-0.3, -0.25) is 4.79 Å². The number of carbonyl (C=O) groups is 1. The molecule has 3 aromatic carbocycles. The molecule has 0 aliphatic heterocycles. The molecule has 0 bridgehead atoms. The second-order valence-corrected chi connectivity index (χ2v) is 9.94. The third-order valence-corrected chi connectivity index (χ3v) is 7.08. The van der Waals surface area contributed by atoms with Crippen LogP contribution in [0, 0.1) is 0 Å². The number of hydrogen-bond acceptors (Lipinski definition) is 3. The molecule has 3 aromatic rings. The summed E-state index contributed by atoms with van der Waals surface area (Å²) in [4.78, 5) is 12.7. The van der Waals surface area contributed by atoms with Gasteiger partial charge < -0.3 is 0 Å². The van der Waals surface area contributed by atoms with E-state index in [2.05, 4.69) is 0 Å². The molecule has 154 valence electrons. The highest BCUT2D eigenvalue weighted by atomic mass is 35.5. The molecule has 2 aliphatic carbocycles. The Labute approximate surface area is 186 Å². The number of halogens is 1. The van der Waals surface area contributed by atoms with Crippen LogP contribution in [0.25, 0.3) is 6.08 Å². The fraction of sp³-hybridized carbons (Fsp3) is 0.0800. The molecule has 0 saturated carbocycles. The first-order valence-electron chi connectivity index (χ1n) is 9.73. The molecule has 5 rings (SSSR count). The molecular weight excluding hydrogens is 430 g/mol. The third kappa shape index (κ3) is 2.96. The molecule has 1 atom stereocenters. The van der Waals surface area contributed by atoms with Gasteiger partial charge in [-0.05, 0) is 47.0 Å². The van der Waals surface area contributed by atoms with E-state index < -0.39 is 15.4 Å². The number of benzene rings is 3. The van der Waals surface area contributed by atoms with Crippen LogP contribution in [-0.2, 0) is 15.4 Å². The highest BCUT2D eigenvalue weighted by Crippen LogP contribution is 2.53. The Morgan fingerprint density at radius 2 is 1.61 bits per heavy atom. The quantitative estimate of drug-likeness (QED) is 0.554. The SMILES string of the molecule is CS(=O)(=O)N(C1=Cc2ccccc2[C@]12C=CC(=O)c1ccccc12)c1cccc(Cl)c1. The maximum absolute atomic E-state index is 13.1. The van der Waals surface area contributed by atoms with Crippen molar-refractivity contribution in [3.63, 3.8) is 0 Å². The Bertz CT molecular complexity index is 1410. The Balaban J connectivity index is 1.87. The maximum Gasteiger partial charge on any atom is 0.236 e. The molecule has 0 heterocycles. The predicted molar refractivity (Wildman–Crippen MR) is 124 cm³/mol. The van der Waals surface area contributed by atoms with Crippen molar-refractivity contribution in [2.75, 3.05) is 10.6 Å². The van der Waals surface area contributed by atoms with Gasteiger partial charge in [0.05, 0.1) is 23.1 Å². The Kier molecular flexibility index (Phi) is 4.43. The van der Waals surface area contributed by atoms with Crippen molar-refractivity contribution >= 4 is 39.2 Å². The Morgan fingerprint density at radius 1 is 0.903 bits per heavy atom. The number of rotatable bonds is 3. The van der Waals surface area contributed by atoms with Crippen LogP contribution in [-0.4, -0.2) is 20.5 Å². The fourth-order valence-electron chi connectivity index (χ4n) is 4.59. The first kappa shape index (κ1) is 19.8. The van der Waals surface area contributed by atoms with Gasteiger partial charge in [0, 0.05) is 10.6 Å². The maximum atomic E-state index is 13.1. The largest absolute Gasteiger partial charge is 0.289 e. The van der Waals surface area contributed by atoms with Gasteiger partial charge in [0.15, 0.2) is 5.78 Å². The Morgan fingerprint density at radius 3 is 2.35 bits per heavy atom. The topological polar surface area (TPSA) is 54.5 Å². The van der Waals surface area contributed by atoms with Crippen LogP contribution in [0.3, 0.4) is 0 Å². The molecule has 0 fully saturated rings. The van der Waals surface area contributed by atoms with Crippen LogP contribution in [0.5, 0.6) is 0 Å². The van der Waals surface area contributed by atoms with Gasteiger partial charge in [-0.25, -0.2) is 12.7 Å². The minimum atomic E-state index is -3.74. The van der Waals surface area contributed by atoms with Crippen LogP contribution >= 0.6 is 11.6 Å². The number of fused-ring (bicyclic) bond motifs is 4. The lowest BCUT2D eigenvalue weighted by atomic mass is 9.69. The molecule has 0 N–H and O–H groups in total. The van der Waals surface area contributed by atoms with E-state index in [1.165, 1.54) is 16.6 Å². The molecule has 2 aliphatic rings. The molecular formula is C25H18ClNO3S. The fourth-order valence-corrected chi connectivity index (χ4v) is 5.83. The van der Waals surface area contributed by atoms with Crippen molar-refractivity contribution in [3.8, 4) is 0 Å². The van der Waals surface area contributed by atoms with E-state index in [0.717, 1.165) is 16.7 Å². The molecule has 0 radical (unpaired) electrons. The molecule has 6 heteroatoms. The zero-order valence-electron chi connectivity index (χ0n) is 16.6. The van der Waals surface area contributed by atoms with Crippen LogP contribution in [0.1, 0.15) is 27.0 Å². The lowest BCUT2D eigenvalue weighted by Crippen LogP contribution is -2.41. The molecule has 31 heavy (non-hydrogen) atoms. The zero-order chi connectivity index (χ0) is 21.8. The molecule has 0 aromatic heterocycles. The first-order chi connectivity index (χ1) is 14.8. The predicted octanol–water partition coefficient (Wildman–Crippen LogP) is 5.20. The van der Waals surface area contributed by atoms with E-state index in [4.69, 9.17) is 11.6 Å².